The lowest BCUT2D eigenvalue weighted by molar-refractivity contribution is 0.193. The van der Waals surface area contributed by atoms with Crippen LogP contribution in [0.25, 0.3) is 0 Å². The molecule has 0 radical (unpaired) electrons. The van der Waals surface area contributed by atoms with E-state index in [0.717, 1.165) is 25.7 Å². The van der Waals surface area contributed by atoms with E-state index in [0.29, 0.717) is 0 Å². The Hall–Kier alpha value is -1.06. The van der Waals surface area contributed by atoms with Gasteiger partial charge in [0.15, 0.2) is 0 Å². The van der Waals surface area contributed by atoms with Crippen molar-refractivity contribution in [1.82, 2.24) is 9.80 Å². The molecule has 1 unspecified atom stereocenters. The Bertz CT molecular complexity index is 593. The van der Waals surface area contributed by atoms with Crippen LogP contribution in [0.1, 0.15) is 23.1 Å². The molecule has 23 heavy (non-hydrogen) atoms. The van der Waals surface area contributed by atoms with Crippen LogP contribution in [0.15, 0.2) is 54.6 Å². The van der Waals surface area contributed by atoms with Gasteiger partial charge in [-0.05, 0) is 23.1 Å². The van der Waals surface area contributed by atoms with Crippen LogP contribution in [0.3, 0.4) is 0 Å². The highest BCUT2D eigenvalue weighted by molar-refractivity contribution is 5.85. The lowest BCUT2D eigenvalue weighted by Gasteiger charge is -2.24. The minimum atomic E-state index is 0. The summed E-state index contributed by atoms with van der Waals surface area (Å²) in [6.07, 6.45) is 1.31. The van der Waals surface area contributed by atoms with Gasteiger partial charge in [-0.25, -0.2) is 0 Å². The number of rotatable bonds is 3. The van der Waals surface area contributed by atoms with Gasteiger partial charge in [-0.1, -0.05) is 54.6 Å². The SMILES string of the molecule is Cl.Cl.c1ccc(CN2CCC(N3Cc4ccccc4C3)C2)cc1. The highest BCUT2D eigenvalue weighted by Gasteiger charge is 2.30. The van der Waals surface area contributed by atoms with Gasteiger partial charge < -0.3 is 0 Å². The fourth-order valence-electron chi connectivity index (χ4n) is 3.71. The zero-order chi connectivity index (χ0) is 14.1. The van der Waals surface area contributed by atoms with Crippen molar-refractivity contribution >= 4 is 24.8 Å². The maximum Gasteiger partial charge on any atom is 0.0244 e. The number of benzene rings is 2. The molecular weight excluding hydrogens is 327 g/mol. The van der Waals surface area contributed by atoms with E-state index in [-0.39, 0.29) is 24.8 Å². The largest absolute Gasteiger partial charge is 0.297 e. The van der Waals surface area contributed by atoms with Crippen LogP contribution in [0.4, 0.5) is 0 Å². The lowest BCUT2D eigenvalue weighted by atomic mass is 10.1. The summed E-state index contributed by atoms with van der Waals surface area (Å²) in [5.41, 5.74) is 4.49. The maximum atomic E-state index is 2.66. The first-order valence-corrected chi connectivity index (χ1v) is 7.95. The third-order valence-electron chi connectivity index (χ3n) is 4.88. The molecule has 4 rings (SSSR count). The number of hydrogen-bond acceptors (Lipinski definition) is 2. The van der Waals surface area contributed by atoms with Crippen LogP contribution in [0.5, 0.6) is 0 Å². The fourth-order valence-corrected chi connectivity index (χ4v) is 3.71. The molecule has 0 aliphatic carbocycles. The standard InChI is InChI=1S/C19H22N2.2ClH/c1-2-6-16(7-3-1)12-20-11-10-19(15-20)21-13-17-8-4-5-9-18(17)14-21;;/h1-9,19H,10-15H2;2*1H. The van der Waals surface area contributed by atoms with Crippen LogP contribution in [-0.4, -0.2) is 28.9 Å². The van der Waals surface area contributed by atoms with E-state index >= 15 is 0 Å². The summed E-state index contributed by atoms with van der Waals surface area (Å²) < 4.78 is 0. The molecule has 2 aromatic carbocycles. The van der Waals surface area contributed by atoms with Gasteiger partial charge in [-0.3, -0.25) is 9.80 Å². The first kappa shape index (κ1) is 18.3. The molecular formula is C19H24Cl2N2. The molecule has 1 fully saturated rings. The van der Waals surface area contributed by atoms with Crippen LogP contribution >= 0.6 is 24.8 Å². The molecule has 0 bridgehead atoms. The van der Waals surface area contributed by atoms with Gasteiger partial charge in [-0.2, -0.15) is 0 Å². The van der Waals surface area contributed by atoms with Crippen molar-refractivity contribution in [2.24, 2.45) is 0 Å². The molecule has 1 saturated heterocycles. The molecule has 4 heteroatoms. The number of fused-ring (bicyclic) bond motifs is 1. The van der Waals surface area contributed by atoms with Crippen molar-refractivity contribution in [2.45, 2.75) is 32.1 Å². The summed E-state index contributed by atoms with van der Waals surface area (Å²) in [7, 11) is 0. The summed E-state index contributed by atoms with van der Waals surface area (Å²) in [5.74, 6) is 0. The normalized spacial score (nSPS) is 20.6. The molecule has 2 aliphatic rings. The molecule has 0 spiro atoms. The van der Waals surface area contributed by atoms with Crippen LogP contribution in [0, 0.1) is 0 Å². The van der Waals surface area contributed by atoms with E-state index in [9.17, 15) is 0 Å². The van der Waals surface area contributed by atoms with Crippen molar-refractivity contribution in [2.75, 3.05) is 13.1 Å². The van der Waals surface area contributed by atoms with Crippen molar-refractivity contribution in [1.29, 1.82) is 0 Å². The van der Waals surface area contributed by atoms with E-state index < -0.39 is 0 Å². The number of likely N-dealkylation sites (tertiary alicyclic amines) is 1. The average molecular weight is 351 g/mol. The Morgan fingerprint density at radius 1 is 0.826 bits per heavy atom. The minimum Gasteiger partial charge on any atom is -0.297 e. The average Bonchev–Trinajstić information content (AvgIpc) is 3.14. The van der Waals surface area contributed by atoms with Gasteiger partial charge in [0.2, 0.25) is 0 Å². The highest BCUT2D eigenvalue weighted by atomic mass is 35.5. The molecule has 1 atom stereocenters. The van der Waals surface area contributed by atoms with Crippen molar-refractivity contribution < 1.29 is 0 Å². The van der Waals surface area contributed by atoms with Gasteiger partial charge in [0.1, 0.15) is 0 Å². The topological polar surface area (TPSA) is 6.48 Å². The smallest absolute Gasteiger partial charge is 0.0244 e. The Balaban J connectivity index is 0.000000960. The van der Waals surface area contributed by atoms with Gasteiger partial charge >= 0.3 is 0 Å². The Labute approximate surface area is 151 Å². The highest BCUT2D eigenvalue weighted by Crippen LogP contribution is 2.28. The Morgan fingerprint density at radius 2 is 1.43 bits per heavy atom. The molecule has 2 aliphatic heterocycles. The van der Waals surface area contributed by atoms with E-state index in [4.69, 9.17) is 0 Å². The third-order valence-corrected chi connectivity index (χ3v) is 4.88. The molecule has 0 N–H and O–H groups in total. The summed E-state index contributed by atoms with van der Waals surface area (Å²) in [6, 6.07) is 20.5. The molecule has 0 saturated carbocycles. The second-order valence-corrected chi connectivity index (χ2v) is 6.34. The molecule has 2 aromatic rings. The van der Waals surface area contributed by atoms with E-state index in [1.807, 2.05) is 0 Å². The van der Waals surface area contributed by atoms with Gasteiger partial charge in [-0.15, -0.1) is 24.8 Å². The Kier molecular flexibility index (Phi) is 6.49. The van der Waals surface area contributed by atoms with Crippen molar-refractivity contribution in [3.8, 4) is 0 Å². The summed E-state index contributed by atoms with van der Waals surface area (Å²) in [5, 5.41) is 0. The maximum absolute atomic E-state index is 2.66. The van der Waals surface area contributed by atoms with E-state index in [1.54, 1.807) is 0 Å². The lowest BCUT2D eigenvalue weighted by Crippen LogP contribution is -2.33. The summed E-state index contributed by atoms with van der Waals surface area (Å²) in [4.78, 5) is 5.26. The molecule has 2 nitrogen and oxygen atoms in total. The predicted octanol–water partition coefficient (Wildman–Crippen LogP) is 4.12. The second-order valence-electron chi connectivity index (χ2n) is 6.34. The van der Waals surface area contributed by atoms with Crippen molar-refractivity contribution in [3.63, 3.8) is 0 Å². The number of nitrogens with zero attached hydrogens (tertiary/aromatic N) is 2. The Morgan fingerprint density at radius 3 is 2.09 bits per heavy atom. The van der Waals surface area contributed by atoms with Gasteiger partial charge in [0.05, 0.1) is 0 Å². The minimum absolute atomic E-state index is 0. The molecule has 0 aromatic heterocycles. The van der Waals surface area contributed by atoms with E-state index in [1.165, 1.54) is 36.2 Å². The molecule has 0 amide bonds. The van der Waals surface area contributed by atoms with Crippen molar-refractivity contribution in [3.05, 3.63) is 71.3 Å². The number of hydrogen-bond donors (Lipinski definition) is 0. The predicted molar refractivity (Wildman–Crippen MR) is 100 cm³/mol. The third kappa shape index (κ3) is 4.07. The van der Waals surface area contributed by atoms with Crippen LogP contribution in [0.2, 0.25) is 0 Å². The summed E-state index contributed by atoms with van der Waals surface area (Å²) in [6.45, 7) is 5.81. The van der Waals surface area contributed by atoms with Gasteiger partial charge in [0, 0.05) is 38.8 Å². The second kappa shape index (κ2) is 8.16. The van der Waals surface area contributed by atoms with Crippen LogP contribution < -0.4 is 0 Å². The molecule has 2 heterocycles. The number of halogens is 2. The monoisotopic (exact) mass is 350 g/mol. The zero-order valence-electron chi connectivity index (χ0n) is 13.2. The first-order chi connectivity index (χ1) is 10.4. The van der Waals surface area contributed by atoms with Crippen LogP contribution in [-0.2, 0) is 19.6 Å². The fraction of sp³-hybridized carbons (Fsp3) is 0.368. The van der Waals surface area contributed by atoms with E-state index in [2.05, 4.69) is 64.4 Å². The zero-order valence-corrected chi connectivity index (χ0v) is 14.9. The summed E-state index contributed by atoms with van der Waals surface area (Å²) >= 11 is 0. The van der Waals surface area contributed by atoms with Gasteiger partial charge in [0.25, 0.3) is 0 Å². The molecule has 124 valence electrons. The quantitative estimate of drug-likeness (QED) is 0.821. The first-order valence-electron chi connectivity index (χ1n) is 7.95.